The predicted octanol–water partition coefficient (Wildman–Crippen LogP) is 3.25. The Kier molecular flexibility index (Phi) is 5.20. The Morgan fingerprint density at radius 1 is 1.42 bits per heavy atom. The quantitative estimate of drug-likeness (QED) is 0.920. The van der Waals surface area contributed by atoms with Crippen molar-refractivity contribution in [3.63, 3.8) is 0 Å². The van der Waals surface area contributed by atoms with Gasteiger partial charge in [-0.3, -0.25) is 0 Å². The molecular weight excluding hydrogens is 263 g/mol. The molecule has 0 aromatic heterocycles. The molecule has 0 radical (unpaired) electrons. The molecule has 1 fully saturated rings. The smallest absolute Gasteiger partial charge is 0.141 e. The highest BCUT2D eigenvalue weighted by molar-refractivity contribution is 6.30. The second kappa shape index (κ2) is 6.69. The summed E-state index contributed by atoms with van der Waals surface area (Å²) < 4.78 is 13.2. The molecule has 0 amide bonds. The molecule has 106 valence electrons. The van der Waals surface area contributed by atoms with Crippen LogP contribution < -0.4 is 5.73 Å². The first-order valence-corrected chi connectivity index (χ1v) is 7.35. The van der Waals surface area contributed by atoms with Crippen molar-refractivity contribution in [1.82, 2.24) is 4.90 Å². The number of hydrogen-bond donors (Lipinski definition) is 1. The first kappa shape index (κ1) is 14.8. The molecule has 1 heterocycles. The lowest BCUT2D eigenvalue weighted by atomic mass is 9.95. The Labute approximate surface area is 119 Å². The SMILES string of the molecule is CC1CCN(CC(CN)c2ccc(F)c(Cl)c2)CC1. The molecule has 2 nitrogen and oxygen atoms in total. The third-order valence-corrected chi connectivity index (χ3v) is 4.34. The monoisotopic (exact) mass is 284 g/mol. The lowest BCUT2D eigenvalue weighted by Crippen LogP contribution is -2.37. The van der Waals surface area contributed by atoms with Crippen LogP contribution in [0.3, 0.4) is 0 Å². The van der Waals surface area contributed by atoms with Crippen LogP contribution in [0.4, 0.5) is 4.39 Å². The van der Waals surface area contributed by atoms with Crippen molar-refractivity contribution in [2.75, 3.05) is 26.2 Å². The summed E-state index contributed by atoms with van der Waals surface area (Å²) in [6, 6.07) is 4.94. The average molecular weight is 285 g/mol. The van der Waals surface area contributed by atoms with E-state index < -0.39 is 0 Å². The fourth-order valence-corrected chi connectivity index (χ4v) is 2.83. The number of halogens is 2. The Bertz CT molecular complexity index is 417. The fourth-order valence-electron chi connectivity index (χ4n) is 2.64. The van der Waals surface area contributed by atoms with Crippen molar-refractivity contribution in [3.8, 4) is 0 Å². The van der Waals surface area contributed by atoms with Gasteiger partial charge in [-0.15, -0.1) is 0 Å². The summed E-state index contributed by atoms with van der Waals surface area (Å²) in [6.45, 7) is 6.07. The van der Waals surface area contributed by atoms with Gasteiger partial charge >= 0.3 is 0 Å². The molecule has 4 heteroatoms. The van der Waals surface area contributed by atoms with Gasteiger partial charge in [0, 0.05) is 19.0 Å². The van der Waals surface area contributed by atoms with E-state index in [1.54, 1.807) is 12.1 Å². The largest absolute Gasteiger partial charge is 0.330 e. The summed E-state index contributed by atoms with van der Waals surface area (Å²) in [5.41, 5.74) is 6.91. The van der Waals surface area contributed by atoms with Gasteiger partial charge in [0.05, 0.1) is 5.02 Å². The number of nitrogens with two attached hydrogens (primary N) is 1. The number of rotatable bonds is 4. The van der Waals surface area contributed by atoms with Crippen LogP contribution in [0.1, 0.15) is 31.2 Å². The summed E-state index contributed by atoms with van der Waals surface area (Å²) in [4.78, 5) is 2.45. The van der Waals surface area contributed by atoms with Crippen LogP contribution in [0, 0.1) is 11.7 Å². The lowest BCUT2D eigenvalue weighted by Gasteiger charge is -2.33. The van der Waals surface area contributed by atoms with E-state index in [2.05, 4.69) is 11.8 Å². The van der Waals surface area contributed by atoms with Crippen LogP contribution in [-0.2, 0) is 0 Å². The van der Waals surface area contributed by atoms with Crippen LogP contribution in [0.5, 0.6) is 0 Å². The maximum absolute atomic E-state index is 13.2. The topological polar surface area (TPSA) is 29.3 Å². The number of piperidine rings is 1. The second-order valence-electron chi connectivity index (χ2n) is 5.59. The van der Waals surface area contributed by atoms with Gasteiger partial charge in [0.1, 0.15) is 5.82 Å². The van der Waals surface area contributed by atoms with E-state index in [-0.39, 0.29) is 16.8 Å². The van der Waals surface area contributed by atoms with Crippen molar-refractivity contribution in [2.45, 2.75) is 25.7 Å². The molecule has 0 saturated carbocycles. The van der Waals surface area contributed by atoms with E-state index in [4.69, 9.17) is 17.3 Å². The third-order valence-electron chi connectivity index (χ3n) is 4.05. The Morgan fingerprint density at radius 2 is 2.11 bits per heavy atom. The molecule has 0 bridgehead atoms. The van der Waals surface area contributed by atoms with E-state index in [1.165, 1.54) is 18.9 Å². The zero-order valence-electron chi connectivity index (χ0n) is 11.4. The second-order valence-corrected chi connectivity index (χ2v) is 6.00. The average Bonchev–Trinajstić information content (AvgIpc) is 2.41. The number of nitrogens with zero attached hydrogens (tertiary/aromatic N) is 1. The zero-order chi connectivity index (χ0) is 13.8. The van der Waals surface area contributed by atoms with Gasteiger partial charge in [-0.1, -0.05) is 24.6 Å². The van der Waals surface area contributed by atoms with Crippen molar-refractivity contribution in [3.05, 3.63) is 34.6 Å². The van der Waals surface area contributed by atoms with Gasteiger partial charge in [-0.05, 0) is 49.5 Å². The molecule has 1 atom stereocenters. The van der Waals surface area contributed by atoms with Crippen LogP contribution in [-0.4, -0.2) is 31.1 Å². The predicted molar refractivity (Wildman–Crippen MR) is 78.0 cm³/mol. The molecule has 2 N–H and O–H groups in total. The number of hydrogen-bond acceptors (Lipinski definition) is 2. The van der Waals surface area contributed by atoms with Crippen molar-refractivity contribution in [2.24, 2.45) is 11.7 Å². The van der Waals surface area contributed by atoms with Gasteiger partial charge in [-0.2, -0.15) is 0 Å². The molecular formula is C15H22ClFN2. The fraction of sp³-hybridized carbons (Fsp3) is 0.600. The van der Waals surface area contributed by atoms with E-state index in [0.717, 1.165) is 31.1 Å². The molecule has 1 unspecified atom stereocenters. The van der Waals surface area contributed by atoms with Gasteiger partial charge in [0.15, 0.2) is 0 Å². The molecule has 19 heavy (non-hydrogen) atoms. The van der Waals surface area contributed by atoms with E-state index in [1.807, 2.05) is 0 Å². The van der Waals surface area contributed by atoms with Crippen LogP contribution in [0.2, 0.25) is 5.02 Å². The molecule has 1 aliphatic heterocycles. The summed E-state index contributed by atoms with van der Waals surface area (Å²) in [7, 11) is 0. The lowest BCUT2D eigenvalue weighted by molar-refractivity contribution is 0.183. The normalized spacial score (nSPS) is 19.6. The summed E-state index contributed by atoms with van der Waals surface area (Å²) in [6.07, 6.45) is 2.50. The van der Waals surface area contributed by atoms with Crippen LogP contribution in [0.15, 0.2) is 18.2 Å². The standard InChI is InChI=1S/C15H22ClFN2/c1-11-4-6-19(7-5-11)10-13(9-18)12-2-3-15(17)14(16)8-12/h2-3,8,11,13H,4-7,9-10,18H2,1H3. The minimum atomic E-state index is -0.368. The molecule has 1 saturated heterocycles. The van der Waals surface area contributed by atoms with Crippen molar-refractivity contribution < 1.29 is 4.39 Å². The van der Waals surface area contributed by atoms with E-state index in [0.29, 0.717) is 6.54 Å². The van der Waals surface area contributed by atoms with E-state index >= 15 is 0 Å². The Hall–Kier alpha value is -0.640. The Balaban J connectivity index is 2.01. The third kappa shape index (κ3) is 3.91. The van der Waals surface area contributed by atoms with Crippen LogP contribution >= 0.6 is 11.6 Å². The highest BCUT2D eigenvalue weighted by Gasteiger charge is 2.20. The molecule has 1 aromatic rings. The molecule has 0 aliphatic carbocycles. The summed E-state index contributed by atoms with van der Waals surface area (Å²) in [5.74, 6) is 0.687. The Morgan fingerprint density at radius 3 is 2.68 bits per heavy atom. The molecule has 2 rings (SSSR count). The zero-order valence-corrected chi connectivity index (χ0v) is 12.2. The van der Waals surface area contributed by atoms with Gasteiger partial charge in [0.25, 0.3) is 0 Å². The molecule has 1 aromatic carbocycles. The summed E-state index contributed by atoms with van der Waals surface area (Å²) in [5, 5.41) is 0.184. The highest BCUT2D eigenvalue weighted by atomic mass is 35.5. The first-order valence-electron chi connectivity index (χ1n) is 6.97. The molecule has 1 aliphatic rings. The maximum atomic E-state index is 13.2. The number of likely N-dealkylation sites (tertiary alicyclic amines) is 1. The van der Waals surface area contributed by atoms with Gasteiger partial charge in [0.2, 0.25) is 0 Å². The molecule has 0 spiro atoms. The summed E-state index contributed by atoms with van der Waals surface area (Å²) >= 11 is 5.85. The van der Waals surface area contributed by atoms with E-state index in [9.17, 15) is 4.39 Å². The van der Waals surface area contributed by atoms with Crippen molar-refractivity contribution >= 4 is 11.6 Å². The van der Waals surface area contributed by atoms with Gasteiger partial charge in [-0.25, -0.2) is 4.39 Å². The highest BCUT2D eigenvalue weighted by Crippen LogP contribution is 2.24. The minimum Gasteiger partial charge on any atom is -0.330 e. The van der Waals surface area contributed by atoms with Crippen molar-refractivity contribution in [1.29, 1.82) is 0 Å². The number of benzene rings is 1. The van der Waals surface area contributed by atoms with Gasteiger partial charge < -0.3 is 10.6 Å². The first-order chi connectivity index (χ1) is 9.10. The van der Waals surface area contributed by atoms with Crippen LogP contribution in [0.25, 0.3) is 0 Å². The minimum absolute atomic E-state index is 0.184. The maximum Gasteiger partial charge on any atom is 0.141 e.